The predicted molar refractivity (Wildman–Crippen MR) is 53.6 cm³/mol. The monoisotopic (exact) mass is 273 g/mol. The van der Waals surface area contributed by atoms with Crippen molar-refractivity contribution in [3.63, 3.8) is 0 Å². The molecule has 18 heavy (non-hydrogen) atoms. The van der Waals surface area contributed by atoms with Gasteiger partial charge in [0.05, 0.1) is 0 Å². The Bertz CT molecular complexity index is 301. The summed E-state index contributed by atoms with van der Waals surface area (Å²) >= 11 is 0. The highest BCUT2D eigenvalue weighted by Crippen LogP contribution is 2.13. The summed E-state index contributed by atoms with van der Waals surface area (Å²) in [6, 6.07) is 0. The average Bonchev–Trinajstić information content (AvgIpc) is 2.24. The largest absolute Gasteiger partial charge is 0.490 e. The zero-order chi connectivity index (χ0) is 14.9. The molecule has 0 aliphatic heterocycles. The number of hydrogen-bond acceptors (Lipinski definition) is 4. The third-order valence-electron chi connectivity index (χ3n) is 1.39. The number of carbonyl (C=O) groups excluding carboxylic acids is 2. The van der Waals surface area contributed by atoms with Crippen molar-refractivity contribution >= 4 is 17.8 Å². The van der Waals surface area contributed by atoms with Crippen molar-refractivity contribution in [3.05, 3.63) is 0 Å². The zero-order valence-corrected chi connectivity index (χ0v) is 10.1. The fourth-order valence-corrected chi connectivity index (χ4v) is 0.373. The van der Waals surface area contributed by atoms with Crippen LogP contribution in [0.15, 0.2) is 0 Å². The molecular formula is C9H14F3NO5. The van der Waals surface area contributed by atoms with E-state index in [4.69, 9.17) is 9.90 Å². The first-order valence-electron chi connectivity index (χ1n) is 4.68. The number of aliphatic carboxylic acids is 1. The molecule has 1 N–H and O–H groups in total. The molecule has 0 rings (SSSR count). The average molecular weight is 273 g/mol. The number of alkyl halides is 3. The van der Waals surface area contributed by atoms with Crippen molar-refractivity contribution in [1.82, 2.24) is 4.90 Å². The van der Waals surface area contributed by atoms with E-state index in [1.54, 1.807) is 21.0 Å². The van der Waals surface area contributed by atoms with Crippen LogP contribution in [-0.4, -0.2) is 54.7 Å². The second kappa shape index (κ2) is 8.31. The number of halogens is 3. The number of likely N-dealkylation sites (N-methyl/N-ethyl adjacent to an activating group) is 1. The number of ether oxygens (including phenoxy) is 1. The minimum Gasteiger partial charge on any atom is -0.475 e. The molecule has 0 radical (unpaired) electrons. The predicted octanol–water partition coefficient (Wildman–Crippen LogP) is 0.661. The molecule has 0 unspecified atom stereocenters. The second-order valence-electron chi connectivity index (χ2n) is 3.11. The van der Waals surface area contributed by atoms with Crippen LogP contribution in [0, 0.1) is 0 Å². The lowest BCUT2D eigenvalue weighted by molar-refractivity contribution is -0.192. The van der Waals surface area contributed by atoms with Crippen LogP contribution < -0.4 is 0 Å². The summed E-state index contributed by atoms with van der Waals surface area (Å²) in [6.45, 7) is 1.53. The van der Waals surface area contributed by atoms with Gasteiger partial charge in [-0.25, -0.2) is 4.79 Å². The number of nitrogens with zero attached hydrogens (tertiary/aromatic N) is 1. The number of carboxylic acids is 1. The standard InChI is InChI=1S/C7H13NO3.C2HF3O2/c1-4-7(10)11-5-6(9)8(2)3;3-2(4,5)1(6)7/h4-5H2,1-3H3;(H,6,7). The summed E-state index contributed by atoms with van der Waals surface area (Å²) in [5, 5.41) is 7.12. The van der Waals surface area contributed by atoms with Gasteiger partial charge in [-0.05, 0) is 0 Å². The lowest BCUT2D eigenvalue weighted by atomic mass is 10.5. The number of esters is 1. The molecule has 0 saturated carbocycles. The number of rotatable bonds is 3. The van der Waals surface area contributed by atoms with E-state index in [-0.39, 0.29) is 18.5 Å². The molecule has 0 atom stereocenters. The molecular weight excluding hydrogens is 259 g/mol. The molecule has 0 spiro atoms. The quantitative estimate of drug-likeness (QED) is 0.764. The van der Waals surface area contributed by atoms with E-state index in [9.17, 15) is 22.8 Å². The molecule has 9 heteroatoms. The Morgan fingerprint density at radius 3 is 1.83 bits per heavy atom. The molecule has 1 amide bonds. The van der Waals surface area contributed by atoms with Crippen molar-refractivity contribution < 1.29 is 37.4 Å². The summed E-state index contributed by atoms with van der Waals surface area (Å²) in [7, 11) is 3.23. The van der Waals surface area contributed by atoms with Gasteiger partial charge in [0, 0.05) is 20.5 Å². The van der Waals surface area contributed by atoms with Gasteiger partial charge in [-0.2, -0.15) is 13.2 Å². The topological polar surface area (TPSA) is 83.9 Å². The van der Waals surface area contributed by atoms with Gasteiger partial charge in [-0.15, -0.1) is 0 Å². The van der Waals surface area contributed by atoms with Crippen molar-refractivity contribution in [2.24, 2.45) is 0 Å². The summed E-state index contributed by atoms with van der Waals surface area (Å²) < 4.78 is 36.3. The molecule has 0 fully saturated rings. The third-order valence-corrected chi connectivity index (χ3v) is 1.39. The van der Waals surface area contributed by atoms with Gasteiger partial charge in [0.15, 0.2) is 6.61 Å². The molecule has 106 valence electrons. The molecule has 0 aromatic rings. The van der Waals surface area contributed by atoms with E-state index in [1.165, 1.54) is 4.90 Å². The van der Waals surface area contributed by atoms with Crippen LogP contribution in [0.3, 0.4) is 0 Å². The molecule has 0 aromatic carbocycles. The highest BCUT2D eigenvalue weighted by atomic mass is 19.4. The molecule has 0 aromatic heterocycles. The van der Waals surface area contributed by atoms with Crippen molar-refractivity contribution in [2.45, 2.75) is 19.5 Å². The van der Waals surface area contributed by atoms with E-state index in [0.717, 1.165) is 0 Å². The van der Waals surface area contributed by atoms with Gasteiger partial charge in [-0.3, -0.25) is 9.59 Å². The van der Waals surface area contributed by atoms with Crippen molar-refractivity contribution in [3.8, 4) is 0 Å². The maximum absolute atomic E-state index is 10.8. The van der Waals surface area contributed by atoms with E-state index in [1.807, 2.05) is 0 Å². The Labute approximate surface area is 101 Å². The molecule has 0 heterocycles. The molecule has 0 aliphatic rings. The fourth-order valence-electron chi connectivity index (χ4n) is 0.373. The van der Waals surface area contributed by atoms with Crippen molar-refractivity contribution in [1.29, 1.82) is 0 Å². The number of amides is 1. The van der Waals surface area contributed by atoms with Crippen LogP contribution in [0.1, 0.15) is 13.3 Å². The Morgan fingerprint density at radius 2 is 1.61 bits per heavy atom. The lowest BCUT2D eigenvalue weighted by Gasteiger charge is -2.09. The summed E-state index contributed by atoms with van der Waals surface area (Å²) in [4.78, 5) is 31.6. The Kier molecular flexibility index (Phi) is 8.57. The first kappa shape index (κ1) is 18.6. The first-order chi connectivity index (χ1) is 8.02. The SMILES string of the molecule is CCC(=O)OCC(=O)N(C)C.O=C(O)C(F)(F)F. The molecule has 6 nitrogen and oxygen atoms in total. The number of hydrogen-bond donors (Lipinski definition) is 1. The maximum Gasteiger partial charge on any atom is 0.490 e. The maximum atomic E-state index is 10.8. The Balaban J connectivity index is 0. The minimum atomic E-state index is -5.08. The number of carboxylic acid groups (broad SMARTS) is 1. The van der Waals surface area contributed by atoms with Gasteiger partial charge < -0.3 is 14.7 Å². The van der Waals surface area contributed by atoms with Gasteiger partial charge >= 0.3 is 18.1 Å². The summed E-state index contributed by atoms with van der Waals surface area (Å²) in [5.74, 6) is -3.31. The Morgan fingerprint density at radius 1 is 1.22 bits per heavy atom. The van der Waals surface area contributed by atoms with Crippen LogP contribution in [0.25, 0.3) is 0 Å². The minimum absolute atomic E-state index is 0.153. The molecule has 0 bridgehead atoms. The van der Waals surface area contributed by atoms with E-state index in [2.05, 4.69) is 4.74 Å². The first-order valence-corrected chi connectivity index (χ1v) is 4.68. The summed E-state index contributed by atoms with van der Waals surface area (Å²) in [6.07, 6.45) is -4.78. The molecule has 0 saturated heterocycles. The van der Waals surface area contributed by atoms with E-state index in [0.29, 0.717) is 6.42 Å². The Hall–Kier alpha value is -1.80. The van der Waals surface area contributed by atoms with Crippen LogP contribution in [0.4, 0.5) is 13.2 Å². The smallest absolute Gasteiger partial charge is 0.475 e. The fraction of sp³-hybridized carbons (Fsp3) is 0.667. The highest BCUT2D eigenvalue weighted by Gasteiger charge is 2.38. The van der Waals surface area contributed by atoms with Crippen LogP contribution in [0.2, 0.25) is 0 Å². The van der Waals surface area contributed by atoms with E-state index >= 15 is 0 Å². The lowest BCUT2D eigenvalue weighted by Crippen LogP contribution is -2.27. The van der Waals surface area contributed by atoms with Gasteiger partial charge in [-0.1, -0.05) is 6.92 Å². The van der Waals surface area contributed by atoms with Gasteiger partial charge in [0.25, 0.3) is 5.91 Å². The number of carbonyl (C=O) groups is 3. The van der Waals surface area contributed by atoms with Gasteiger partial charge in [0.1, 0.15) is 0 Å². The molecule has 0 aliphatic carbocycles. The zero-order valence-electron chi connectivity index (χ0n) is 10.1. The van der Waals surface area contributed by atoms with Crippen molar-refractivity contribution in [2.75, 3.05) is 20.7 Å². The van der Waals surface area contributed by atoms with E-state index < -0.39 is 12.1 Å². The summed E-state index contributed by atoms with van der Waals surface area (Å²) in [5.41, 5.74) is 0. The third kappa shape index (κ3) is 10.7. The second-order valence-corrected chi connectivity index (χ2v) is 3.11. The van der Waals surface area contributed by atoms with Gasteiger partial charge in [0.2, 0.25) is 0 Å². The van der Waals surface area contributed by atoms with Crippen LogP contribution >= 0.6 is 0 Å². The highest BCUT2D eigenvalue weighted by molar-refractivity contribution is 5.80. The van der Waals surface area contributed by atoms with Crippen LogP contribution in [0.5, 0.6) is 0 Å². The van der Waals surface area contributed by atoms with Crippen LogP contribution in [-0.2, 0) is 19.1 Å². The normalized spacial score (nSPS) is 9.89.